The van der Waals surface area contributed by atoms with Gasteiger partial charge in [0.05, 0.1) is 11.9 Å². The first-order valence-electron chi connectivity index (χ1n) is 12.6. The summed E-state index contributed by atoms with van der Waals surface area (Å²) in [7, 11) is 1.70. The SMILES string of the molecule is Cn1c(N2CCN[C@@H](c3ccc(-c4ccc(C(C)(C)C)cc4)cc3)C2)nc(-c2ccncc2F)cc1=O. The minimum atomic E-state index is -0.500. The van der Waals surface area contributed by atoms with Crippen molar-refractivity contribution < 1.29 is 4.39 Å². The molecule has 7 heteroatoms. The Labute approximate surface area is 216 Å². The van der Waals surface area contributed by atoms with E-state index in [1.165, 1.54) is 39.1 Å². The lowest BCUT2D eigenvalue weighted by Crippen LogP contribution is -2.47. The molecule has 3 heterocycles. The number of rotatable bonds is 4. The van der Waals surface area contributed by atoms with Gasteiger partial charge >= 0.3 is 0 Å². The fourth-order valence-electron chi connectivity index (χ4n) is 4.76. The molecule has 6 nitrogen and oxygen atoms in total. The Morgan fingerprint density at radius 3 is 2.32 bits per heavy atom. The predicted molar refractivity (Wildman–Crippen MR) is 146 cm³/mol. The fraction of sp³-hybridized carbons (Fsp3) is 0.300. The van der Waals surface area contributed by atoms with Gasteiger partial charge in [-0.3, -0.25) is 14.3 Å². The number of nitrogens with zero attached hydrogens (tertiary/aromatic N) is 4. The van der Waals surface area contributed by atoms with Crippen LogP contribution in [-0.4, -0.2) is 34.2 Å². The molecule has 0 aliphatic carbocycles. The zero-order chi connectivity index (χ0) is 26.2. The maximum Gasteiger partial charge on any atom is 0.255 e. The van der Waals surface area contributed by atoms with E-state index in [2.05, 4.69) is 89.5 Å². The number of aromatic nitrogens is 3. The zero-order valence-electron chi connectivity index (χ0n) is 21.7. The van der Waals surface area contributed by atoms with Gasteiger partial charge in [0.15, 0.2) is 5.82 Å². The summed E-state index contributed by atoms with van der Waals surface area (Å²) in [5.41, 5.74) is 5.34. The molecule has 1 N–H and O–H groups in total. The molecule has 0 radical (unpaired) electrons. The van der Waals surface area contributed by atoms with Crippen molar-refractivity contribution in [3.63, 3.8) is 0 Å². The van der Waals surface area contributed by atoms with Crippen LogP contribution in [0.4, 0.5) is 10.3 Å². The van der Waals surface area contributed by atoms with Crippen molar-refractivity contribution in [1.29, 1.82) is 0 Å². The number of nitrogens with one attached hydrogen (secondary N) is 1. The van der Waals surface area contributed by atoms with Gasteiger partial charge in [-0.15, -0.1) is 0 Å². The Kier molecular flexibility index (Phi) is 6.65. The first-order chi connectivity index (χ1) is 17.7. The maximum atomic E-state index is 14.4. The summed E-state index contributed by atoms with van der Waals surface area (Å²) in [6.45, 7) is 8.73. The van der Waals surface area contributed by atoms with E-state index >= 15 is 0 Å². The number of pyridine rings is 1. The van der Waals surface area contributed by atoms with Gasteiger partial charge in [-0.2, -0.15) is 0 Å². The van der Waals surface area contributed by atoms with Crippen LogP contribution in [0.25, 0.3) is 22.4 Å². The molecule has 4 aromatic rings. The summed E-state index contributed by atoms with van der Waals surface area (Å²) >= 11 is 0. The lowest BCUT2D eigenvalue weighted by molar-refractivity contribution is 0.462. The monoisotopic (exact) mass is 497 g/mol. The van der Waals surface area contributed by atoms with Crippen molar-refractivity contribution in [2.45, 2.75) is 32.2 Å². The van der Waals surface area contributed by atoms with Crippen LogP contribution < -0.4 is 15.8 Å². The summed E-state index contributed by atoms with van der Waals surface area (Å²) in [6.07, 6.45) is 2.64. The fourth-order valence-corrected chi connectivity index (χ4v) is 4.76. The average Bonchev–Trinajstić information content (AvgIpc) is 2.90. The third-order valence-corrected chi connectivity index (χ3v) is 7.02. The molecular weight excluding hydrogens is 465 g/mol. The molecule has 190 valence electrons. The number of hydrogen-bond donors (Lipinski definition) is 1. The third-order valence-electron chi connectivity index (χ3n) is 7.02. The van der Waals surface area contributed by atoms with E-state index in [0.717, 1.165) is 12.7 Å². The van der Waals surface area contributed by atoms with Crippen LogP contribution in [-0.2, 0) is 12.5 Å². The molecule has 2 aromatic carbocycles. The quantitative estimate of drug-likeness (QED) is 0.425. The van der Waals surface area contributed by atoms with E-state index in [0.29, 0.717) is 24.7 Å². The highest BCUT2D eigenvalue weighted by molar-refractivity contribution is 5.64. The third kappa shape index (κ3) is 5.18. The van der Waals surface area contributed by atoms with E-state index < -0.39 is 5.82 Å². The molecule has 0 saturated carbocycles. The van der Waals surface area contributed by atoms with Gasteiger partial charge in [0, 0.05) is 50.6 Å². The standard InChI is InChI=1S/C30H32FN5O/c1-30(2,3)23-11-9-21(10-12-23)20-5-7-22(8-6-20)27-19-36(16-15-33-27)29-34-26(17-28(37)35(29)4)24-13-14-32-18-25(24)31/h5-14,17-18,27,33H,15-16,19H2,1-4H3/t27-/m1/s1. The number of piperazine rings is 1. The highest BCUT2D eigenvalue weighted by Gasteiger charge is 2.24. The number of anilines is 1. The smallest absolute Gasteiger partial charge is 0.255 e. The van der Waals surface area contributed by atoms with E-state index in [1.807, 2.05) is 0 Å². The second-order valence-electron chi connectivity index (χ2n) is 10.6. The van der Waals surface area contributed by atoms with Gasteiger partial charge in [-0.1, -0.05) is 69.3 Å². The van der Waals surface area contributed by atoms with E-state index in [4.69, 9.17) is 0 Å². The van der Waals surface area contributed by atoms with Crippen molar-refractivity contribution in [3.05, 3.63) is 100 Å². The van der Waals surface area contributed by atoms with Gasteiger partial charge < -0.3 is 10.2 Å². The molecule has 1 aliphatic rings. The topological polar surface area (TPSA) is 63.1 Å². The number of hydrogen-bond acceptors (Lipinski definition) is 5. The number of halogens is 1. The molecule has 0 amide bonds. The van der Waals surface area contributed by atoms with Gasteiger partial charge in [-0.25, -0.2) is 9.37 Å². The van der Waals surface area contributed by atoms with Crippen LogP contribution in [0.5, 0.6) is 0 Å². The van der Waals surface area contributed by atoms with Crippen molar-refractivity contribution in [2.24, 2.45) is 7.05 Å². The Morgan fingerprint density at radius 1 is 1.00 bits per heavy atom. The molecule has 0 spiro atoms. The minimum Gasteiger partial charge on any atom is -0.339 e. The highest BCUT2D eigenvalue weighted by Crippen LogP contribution is 2.28. The molecule has 2 aromatic heterocycles. The van der Waals surface area contributed by atoms with Crippen molar-refractivity contribution >= 4 is 5.95 Å². The average molecular weight is 498 g/mol. The van der Waals surface area contributed by atoms with Crippen LogP contribution in [0.1, 0.15) is 37.9 Å². The lowest BCUT2D eigenvalue weighted by Gasteiger charge is -2.35. The summed E-state index contributed by atoms with van der Waals surface area (Å²) in [6, 6.07) is 20.4. The Hall–Kier alpha value is -3.84. The van der Waals surface area contributed by atoms with Crippen LogP contribution in [0.15, 0.2) is 77.9 Å². The largest absolute Gasteiger partial charge is 0.339 e. The number of benzene rings is 2. The Balaban J connectivity index is 1.37. The molecule has 37 heavy (non-hydrogen) atoms. The first kappa shape index (κ1) is 24.8. The second kappa shape index (κ2) is 9.90. The molecule has 1 fully saturated rings. The maximum absolute atomic E-state index is 14.4. The Bertz CT molecular complexity index is 1460. The molecule has 1 atom stereocenters. The van der Waals surface area contributed by atoms with E-state index in [1.54, 1.807) is 13.1 Å². The molecule has 1 saturated heterocycles. The van der Waals surface area contributed by atoms with E-state index in [9.17, 15) is 9.18 Å². The summed E-state index contributed by atoms with van der Waals surface area (Å²) in [5, 5.41) is 3.58. The van der Waals surface area contributed by atoms with Crippen LogP contribution in [0.2, 0.25) is 0 Å². The first-order valence-corrected chi connectivity index (χ1v) is 12.6. The predicted octanol–water partition coefficient (Wildman–Crippen LogP) is 5.10. The normalized spacial score (nSPS) is 16.1. The summed E-state index contributed by atoms with van der Waals surface area (Å²) < 4.78 is 15.9. The van der Waals surface area contributed by atoms with Crippen LogP contribution in [0, 0.1) is 5.82 Å². The second-order valence-corrected chi connectivity index (χ2v) is 10.6. The minimum absolute atomic E-state index is 0.0734. The molecular formula is C30H32FN5O. The lowest BCUT2D eigenvalue weighted by atomic mass is 9.86. The molecule has 0 bridgehead atoms. The van der Waals surface area contributed by atoms with Crippen LogP contribution >= 0.6 is 0 Å². The molecule has 1 aliphatic heterocycles. The summed E-state index contributed by atoms with van der Waals surface area (Å²) in [5.74, 6) is 0.0290. The van der Waals surface area contributed by atoms with Crippen molar-refractivity contribution in [3.8, 4) is 22.4 Å². The molecule has 0 unspecified atom stereocenters. The van der Waals surface area contributed by atoms with Gasteiger partial charge in [0.1, 0.15) is 0 Å². The van der Waals surface area contributed by atoms with Crippen LogP contribution in [0.3, 0.4) is 0 Å². The van der Waals surface area contributed by atoms with Gasteiger partial charge in [0.25, 0.3) is 5.56 Å². The Morgan fingerprint density at radius 2 is 1.68 bits per heavy atom. The highest BCUT2D eigenvalue weighted by atomic mass is 19.1. The van der Waals surface area contributed by atoms with Crippen molar-refractivity contribution in [1.82, 2.24) is 19.9 Å². The van der Waals surface area contributed by atoms with E-state index in [-0.39, 0.29) is 22.6 Å². The van der Waals surface area contributed by atoms with Gasteiger partial charge in [0.2, 0.25) is 5.95 Å². The zero-order valence-corrected chi connectivity index (χ0v) is 21.7. The molecule has 5 rings (SSSR count). The summed E-state index contributed by atoms with van der Waals surface area (Å²) in [4.78, 5) is 23.3. The van der Waals surface area contributed by atoms with Crippen molar-refractivity contribution in [2.75, 3.05) is 24.5 Å². The van der Waals surface area contributed by atoms with Gasteiger partial charge in [-0.05, 0) is 33.7 Å².